The van der Waals surface area contributed by atoms with Crippen LogP contribution in [0.15, 0.2) is 53.2 Å². The molecule has 3 heterocycles. The van der Waals surface area contributed by atoms with Gasteiger partial charge in [-0.1, -0.05) is 18.2 Å². The smallest absolute Gasteiger partial charge is 0.151 e. The third-order valence-corrected chi connectivity index (χ3v) is 5.45. The van der Waals surface area contributed by atoms with E-state index in [9.17, 15) is 5.11 Å². The molecule has 0 unspecified atom stereocenters. The molecule has 0 radical (unpaired) electrons. The first-order valence-electron chi connectivity index (χ1n) is 7.07. The van der Waals surface area contributed by atoms with Crippen molar-refractivity contribution in [2.45, 2.75) is 13.0 Å². The van der Waals surface area contributed by atoms with Crippen LogP contribution >= 0.6 is 22.7 Å². The maximum Gasteiger partial charge on any atom is 0.151 e. The van der Waals surface area contributed by atoms with Gasteiger partial charge in [-0.3, -0.25) is 0 Å². The zero-order valence-electron chi connectivity index (χ0n) is 11.8. The average molecular weight is 326 g/mol. The summed E-state index contributed by atoms with van der Waals surface area (Å²) in [5, 5.41) is 14.4. The van der Waals surface area contributed by atoms with Gasteiger partial charge in [0.1, 0.15) is 11.3 Å². The first-order chi connectivity index (χ1) is 10.8. The van der Waals surface area contributed by atoms with E-state index in [1.165, 1.54) is 4.88 Å². The molecule has 0 bridgehead atoms. The summed E-state index contributed by atoms with van der Waals surface area (Å²) >= 11 is 3.44. The van der Waals surface area contributed by atoms with E-state index in [1.54, 1.807) is 28.7 Å². The van der Waals surface area contributed by atoms with Gasteiger partial charge in [-0.2, -0.15) is 0 Å². The highest BCUT2D eigenvalue weighted by atomic mass is 32.1. The van der Waals surface area contributed by atoms with E-state index in [2.05, 4.69) is 33.5 Å². The lowest BCUT2D eigenvalue weighted by molar-refractivity contribution is 0.477. The SMILES string of the molecule is Oc1cccc2nc(-c3cccs3)n(CCc3cccs3)c12. The van der Waals surface area contributed by atoms with Gasteiger partial charge in [-0.05, 0) is 41.4 Å². The van der Waals surface area contributed by atoms with Crippen LogP contribution in [0.4, 0.5) is 0 Å². The summed E-state index contributed by atoms with van der Waals surface area (Å²) in [7, 11) is 0. The maximum atomic E-state index is 10.3. The predicted octanol–water partition coefficient (Wildman–Crippen LogP) is 4.77. The van der Waals surface area contributed by atoms with Crippen molar-refractivity contribution in [2.75, 3.05) is 0 Å². The second-order valence-electron chi connectivity index (χ2n) is 5.04. The molecular weight excluding hydrogens is 312 g/mol. The lowest BCUT2D eigenvalue weighted by Crippen LogP contribution is -2.02. The number of fused-ring (bicyclic) bond motifs is 1. The molecule has 4 rings (SSSR count). The number of imidazole rings is 1. The quantitative estimate of drug-likeness (QED) is 0.586. The van der Waals surface area contributed by atoms with E-state index in [4.69, 9.17) is 4.98 Å². The Balaban J connectivity index is 1.83. The molecule has 3 aromatic heterocycles. The number of aromatic hydroxyl groups is 1. The van der Waals surface area contributed by atoms with Crippen LogP contribution in [0, 0.1) is 0 Å². The number of thiophene rings is 2. The predicted molar refractivity (Wildman–Crippen MR) is 92.7 cm³/mol. The first-order valence-corrected chi connectivity index (χ1v) is 8.83. The Morgan fingerprint density at radius 2 is 1.86 bits per heavy atom. The number of hydrogen-bond acceptors (Lipinski definition) is 4. The van der Waals surface area contributed by atoms with Gasteiger partial charge in [0.2, 0.25) is 0 Å². The zero-order chi connectivity index (χ0) is 14.9. The molecular formula is C17H14N2OS2. The number of rotatable bonds is 4. The molecule has 1 aromatic carbocycles. The number of aromatic nitrogens is 2. The van der Waals surface area contributed by atoms with Crippen molar-refractivity contribution in [1.82, 2.24) is 9.55 Å². The van der Waals surface area contributed by atoms with Crippen LogP contribution < -0.4 is 0 Å². The monoisotopic (exact) mass is 326 g/mol. The standard InChI is InChI=1S/C17H14N2OS2/c20-14-6-1-5-13-16(14)19(9-8-12-4-2-10-21-12)17(18-13)15-7-3-11-22-15/h1-7,10-11,20H,8-9H2. The topological polar surface area (TPSA) is 38.1 Å². The van der Waals surface area contributed by atoms with Crippen molar-refractivity contribution in [3.8, 4) is 16.5 Å². The fourth-order valence-electron chi connectivity index (χ4n) is 2.66. The number of nitrogens with zero attached hydrogens (tertiary/aromatic N) is 2. The zero-order valence-corrected chi connectivity index (χ0v) is 13.4. The molecule has 0 aliphatic carbocycles. The molecule has 0 amide bonds. The van der Waals surface area contributed by atoms with Crippen LogP contribution in [0.3, 0.4) is 0 Å². The molecule has 0 atom stereocenters. The van der Waals surface area contributed by atoms with Crippen LogP contribution in [-0.4, -0.2) is 14.7 Å². The molecule has 0 saturated carbocycles. The van der Waals surface area contributed by atoms with Gasteiger partial charge < -0.3 is 9.67 Å². The Bertz CT molecular complexity index is 892. The summed E-state index contributed by atoms with van der Waals surface area (Å²) in [4.78, 5) is 7.20. The van der Waals surface area contributed by atoms with Crippen LogP contribution in [0.2, 0.25) is 0 Å². The van der Waals surface area contributed by atoms with Gasteiger partial charge in [0.15, 0.2) is 5.82 Å². The van der Waals surface area contributed by atoms with Gasteiger partial charge in [0.25, 0.3) is 0 Å². The van der Waals surface area contributed by atoms with Crippen molar-refractivity contribution in [3.05, 3.63) is 58.1 Å². The summed E-state index contributed by atoms with van der Waals surface area (Å²) in [6, 6.07) is 13.8. The fourth-order valence-corrected chi connectivity index (χ4v) is 4.08. The molecule has 110 valence electrons. The molecule has 4 aromatic rings. The number of benzene rings is 1. The number of phenolic OH excluding ortho intramolecular Hbond substituents is 1. The van der Waals surface area contributed by atoms with Crippen molar-refractivity contribution in [2.24, 2.45) is 0 Å². The average Bonchev–Trinajstić information content (AvgIpc) is 3.25. The van der Waals surface area contributed by atoms with E-state index in [0.717, 1.165) is 34.7 Å². The highest BCUT2D eigenvalue weighted by Crippen LogP contribution is 2.32. The third kappa shape index (κ3) is 2.32. The molecule has 0 aliphatic heterocycles. The Labute approximate surface area is 136 Å². The van der Waals surface area contributed by atoms with Gasteiger partial charge in [-0.25, -0.2) is 4.98 Å². The summed E-state index contributed by atoms with van der Waals surface area (Å²) in [5.74, 6) is 1.22. The normalized spacial score (nSPS) is 11.3. The summed E-state index contributed by atoms with van der Waals surface area (Å²) in [6.45, 7) is 0.807. The van der Waals surface area contributed by atoms with Gasteiger partial charge >= 0.3 is 0 Å². The third-order valence-electron chi connectivity index (χ3n) is 3.65. The molecule has 0 spiro atoms. The van der Waals surface area contributed by atoms with Crippen LogP contribution in [0.5, 0.6) is 5.75 Å². The lowest BCUT2D eigenvalue weighted by Gasteiger charge is -2.08. The molecule has 5 heteroatoms. The van der Waals surface area contributed by atoms with Crippen LogP contribution in [0.1, 0.15) is 4.88 Å². The second-order valence-corrected chi connectivity index (χ2v) is 7.02. The molecule has 3 nitrogen and oxygen atoms in total. The van der Waals surface area contributed by atoms with Crippen molar-refractivity contribution in [1.29, 1.82) is 0 Å². The summed E-state index contributed by atoms with van der Waals surface area (Å²) in [6.07, 6.45) is 0.940. The van der Waals surface area contributed by atoms with Crippen LogP contribution in [-0.2, 0) is 13.0 Å². The maximum absolute atomic E-state index is 10.3. The van der Waals surface area contributed by atoms with E-state index in [-0.39, 0.29) is 0 Å². The summed E-state index contributed by atoms with van der Waals surface area (Å²) < 4.78 is 2.14. The second kappa shape index (κ2) is 5.59. The van der Waals surface area contributed by atoms with Gasteiger partial charge in [0, 0.05) is 11.4 Å². The number of aryl methyl sites for hydroxylation is 2. The minimum absolute atomic E-state index is 0.291. The Morgan fingerprint density at radius 1 is 1.00 bits per heavy atom. The van der Waals surface area contributed by atoms with Crippen molar-refractivity contribution < 1.29 is 5.11 Å². The van der Waals surface area contributed by atoms with E-state index < -0.39 is 0 Å². The summed E-state index contributed by atoms with van der Waals surface area (Å²) in [5.41, 5.74) is 1.66. The van der Waals surface area contributed by atoms with Gasteiger partial charge in [0.05, 0.1) is 10.4 Å². The number of phenols is 1. The van der Waals surface area contributed by atoms with E-state index in [0.29, 0.717) is 5.75 Å². The van der Waals surface area contributed by atoms with E-state index >= 15 is 0 Å². The highest BCUT2D eigenvalue weighted by molar-refractivity contribution is 7.13. The Kier molecular flexibility index (Phi) is 3.44. The van der Waals surface area contributed by atoms with Gasteiger partial charge in [-0.15, -0.1) is 22.7 Å². The molecule has 0 fully saturated rings. The fraction of sp³-hybridized carbons (Fsp3) is 0.118. The molecule has 0 saturated heterocycles. The Hall–Kier alpha value is -2.11. The number of hydrogen-bond donors (Lipinski definition) is 1. The van der Waals surface area contributed by atoms with Crippen molar-refractivity contribution in [3.63, 3.8) is 0 Å². The largest absolute Gasteiger partial charge is 0.506 e. The molecule has 22 heavy (non-hydrogen) atoms. The Morgan fingerprint density at radius 3 is 2.64 bits per heavy atom. The number of para-hydroxylation sites is 1. The molecule has 0 aliphatic rings. The van der Waals surface area contributed by atoms with E-state index in [1.807, 2.05) is 18.2 Å². The lowest BCUT2D eigenvalue weighted by atomic mass is 10.2. The minimum Gasteiger partial charge on any atom is -0.506 e. The molecule has 1 N–H and O–H groups in total. The van der Waals surface area contributed by atoms with Crippen LogP contribution in [0.25, 0.3) is 21.7 Å². The van der Waals surface area contributed by atoms with Crippen molar-refractivity contribution >= 4 is 33.7 Å². The first kappa shape index (κ1) is 13.5. The minimum atomic E-state index is 0.291. The highest BCUT2D eigenvalue weighted by Gasteiger charge is 2.16.